The van der Waals surface area contributed by atoms with Crippen LogP contribution in [-0.4, -0.2) is 35.0 Å². The second-order valence-corrected chi connectivity index (χ2v) is 8.15. The van der Waals surface area contributed by atoms with Gasteiger partial charge in [-0.1, -0.05) is 30.7 Å². The third kappa shape index (κ3) is 3.58. The molecule has 0 amide bonds. The summed E-state index contributed by atoms with van der Waals surface area (Å²) in [5.41, 5.74) is 6.35. The van der Waals surface area contributed by atoms with Gasteiger partial charge in [-0.3, -0.25) is 4.98 Å². The zero-order chi connectivity index (χ0) is 19.0. The van der Waals surface area contributed by atoms with Crippen LogP contribution in [0, 0.1) is 5.92 Å². The van der Waals surface area contributed by atoms with Crippen LogP contribution in [0.15, 0.2) is 36.5 Å². The monoisotopic (exact) mass is 380 g/mol. The molecule has 0 spiro atoms. The number of benzene rings is 1. The van der Waals surface area contributed by atoms with Crippen LogP contribution in [0.1, 0.15) is 54.5 Å². The normalized spacial score (nSPS) is 20.4. The molecule has 1 atom stereocenters. The standard InChI is InChI=1S/C22H26BClN2O/c1-3-15-13-17-5-4-10-25-22(17)21(19-7-6-18(24)14-20(15)19)16-8-11-26(12-9-16)23(2)27/h4-7,10,13-14,16,21,27H,3,8-9,11-12H2,1-2H3. The number of piperidine rings is 1. The summed E-state index contributed by atoms with van der Waals surface area (Å²) in [6, 6.07) is 10.5. The summed E-state index contributed by atoms with van der Waals surface area (Å²) in [6.07, 6.45) is 7.30. The van der Waals surface area contributed by atoms with Gasteiger partial charge in [0.25, 0.3) is 0 Å². The van der Waals surface area contributed by atoms with Crippen molar-refractivity contribution < 1.29 is 5.02 Å². The Labute approximate surface area is 167 Å². The molecule has 1 N–H and O–H groups in total. The smallest absolute Gasteiger partial charge is 0.376 e. The predicted octanol–water partition coefficient (Wildman–Crippen LogP) is 4.95. The molecule has 0 saturated carbocycles. The van der Waals surface area contributed by atoms with Crippen molar-refractivity contribution >= 4 is 30.3 Å². The Morgan fingerprint density at radius 2 is 2.04 bits per heavy atom. The van der Waals surface area contributed by atoms with E-state index in [0.717, 1.165) is 37.4 Å². The first kappa shape index (κ1) is 18.7. The predicted molar refractivity (Wildman–Crippen MR) is 114 cm³/mol. The summed E-state index contributed by atoms with van der Waals surface area (Å²) in [7, 11) is -0.370. The van der Waals surface area contributed by atoms with Gasteiger partial charge in [-0.05, 0) is 91.6 Å². The number of hydrogen-bond acceptors (Lipinski definition) is 3. The van der Waals surface area contributed by atoms with Gasteiger partial charge >= 0.3 is 7.05 Å². The maximum absolute atomic E-state index is 9.92. The van der Waals surface area contributed by atoms with Crippen molar-refractivity contribution in [3.05, 3.63) is 63.9 Å². The maximum atomic E-state index is 9.92. The lowest BCUT2D eigenvalue weighted by Gasteiger charge is -2.37. The van der Waals surface area contributed by atoms with Gasteiger partial charge in [0, 0.05) is 17.1 Å². The van der Waals surface area contributed by atoms with E-state index >= 15 is 0 Å². The van der Waals surface area contributed by atoms with Crippen molar-refractivity contribution in [2.75, 3.05) is 13.1 Å². The summed E-state index contributed by atoms with van der Waals surface area (Å²) >= 11 is 6.37. The van der Waals surface area contributed by atoms with Gasteiger partial charge in [0.1, 0.15) is 0 Å². The average Bonchev–Trinajstić information content (AvgIpc) is 2.82. The fourth-order valence-corrected chi connectivity index (χ4v) is 4.87. The van der Waals surface area contributed by atoms with Crippen LogP contribution < -0.4 is 0 Å². The van der Waals surface area contributed by atoms with E-state index in [1.165, 1.54) is 28.0 Å². The van der Waals surface area contributed by atoms with Crippen LogP contribution in [0.5, 0.6) is 0 Å². The maximum Gasteiger partial charge on any atom is 0.376 e. The topological polar surface area (TPSA) is 36.4 Å². The van der Waals surface area contributed by atoms with Crippen molar-refractivity contribution in [1.29, 1.82) is 0 Å². The molecule has 5 heteroatoms. The molecule has 0 radical (unpaired) electrons. The first-order chi connectivity index (χ1) is 13.1. The lowest BCUT2D eigenvalue weighted by molar-refractivity contribution is 0.235. The highest BCUT2D eigenvalue weighted by Gasteiger charge is 2.35. The Kier molecular flexibility index (Phi) is 5.40. The molecule has 140 valence electrons. The highest BCUT2D eigenvalue weighted by molar-refractivity contribution is 6.45. The minimum Gasteiger partial charge on any atom is -0.437 e. The van der Waals surface area contributed by atoms with E-state index in [0.29, 0.717) is 5.92 Å². The van der Waals surface area contributed by atoms with Crippen LogP contribution in [-0.2, 0) is 0 Å². The fourth-order valence-electron chi connectivity index (χ4n) is 4.70. The van der Waals surface area contributed by atoms with Gasteiger partial charge < -0.3 is 9.83 Å². The van der Waals surface area contributed by atoms with E-state index in [1.807, 2.05) is 25.2 Å². The van der Waals surface area contributed by atoms with Crippen LogP contribution in [0.4, 0.5) is 0 Å². The first-order valence-corrected chi connectivity index (χ1v) is 10.3. The highest BCUT2D eigenvalue weighted by atomic mass is 35.5. The summed E-state index contributed by atoms with van der Waals surface area (Å²) in [5.74, 6) is 0.781. The molecule has 1 aromatic carbocycles. The molecular weight excluding hydrogens is 355 g/mol. The second kappa shape index (κ2) is 7.79. The molecule has 1 aliphatic carbocycles. The van der Waals surface area contributed by atoms with Crippen molar-refractivity contribution in [1.82, 2.24) is 9.79 Å². The van der Waals surface area contributed by atoms with Gasteiger partial charge in [0.05, 0.1) is 5.69 Å². The number of pyridine rings is 1. The quantitative estimate of drug-likeness (QED) is 0.765. The third-order valence-electron chi connectivity index (χ3n) is 6.15. The zero-order valence-corrected chi connectivity index (χ0v) is 16.8. The van der Waals surface area contributed by atoms with Gasteiger partial charge in [0.15, 0.2) is 0 Å². The molecule has 1 fully saturated rings. The Morgan fingerprint density at radius 3 is 2.74 bits per heavy atom. The molecule has 0 bridgehead atoms. The first-order valence-electron chi connectivity index (χ1n) is 9.96. The summed E-state index contributed by atoms with van der Waals surface area (Å²) in [4.78, 5) is 7.00. The molecule has 1 aliphatic heterocycles. The van der Waals surface area contributed by atoms with E-state index in [9.17, 15) is 5.02 Å². The Balaban J connectivity index is 1.81. The van der Waals surface area contributed by atoms with Crippen LogP contribution in [0.25, 0.3) is 11.6 Å². The molecule has 2 aromatic rings. The lowest BCUT2D eigenvalue weighted by atomic mass is 9.73. The zero-order valence-electron chi connectivity index (χ0n) is 16.0. The van der Waals surface area contributed by atoms with Crippen molar-refractivity contribution in [2.24, 2.45) is 5.92 Å². The fraction of sp³-hybridized carbons (Fsp3) is 0.409. The SMILES string of the molecule is CCC1=Cc2cccnc2C(C2CCN(B(C)O)CC2)c2ccc(Cl)cc21. The third-order valence-corrected chi connectivity index (χ3v) is 6.38. The van der Waals surface area contributed by atoms with E-state index < -0.39 is 0 Å². The molecule has 4 rings (SSSR count). The van der Waals surface area contributed by atoms with E-state index in [2.05, 4.69) is 36.0 Å². The number of nitrogens with zero attached hydrogens (tertiary/aromatic N) is 2. The van der Waals surface area contributed by atoms with E-state index in [-0.39, 0.29) is 13.0 Å². The molecule has 2 heterocycles. The van der Waals surface area contributed by atoms with Crippen molar-refractivity contribution in [2.45, 2.75) is 38.9 Å². The average molecular weight is 381 g/mol. The van der Waals surface area contributed by atoms with Crippen LogP contribution in [0.2, 0.25) is 11.8 Å². The van der Waals surface area contributed by atoms with E-state index in [4.69, 9.17) is 16.6 Å². The highest BCUT2D eigenvalue weighted by Crippen LogP contribution is 2.45. The Hall–Kier alpha value is -1.62. The minimum absolute atomic E-state index is 0.268. The molecule has 1 unspecified atom stereocenters. The van der Waals surface area contributed by atoms with Crippen LogP contribution in [0.3, 0.4) is 0 Å². The lowest BCUT2D eigenvalue weighted by Crippen LogP contribution is -2.44. The minimum atomic E-state index is -0.370. The number of allylic oxidation sites excluding steroid dienone is 1. The summed E-state index contributed by atoms with van der Waals surface area (Å²) in [5, 5.41) is 10.7. The number of aromatic nitrogens is 1. The van der Waals surface area contributed by atoms with E-state index in [1.54, 1.807) is 0 Å². The van der Waals surface area contributed by atoms with Gasteiger partial charge in [-0.2, -0.15) is 0 Å². The number of halogens is 1. The van der Waals surface area contributed by atoms with Gasteiger partial charge in [0.2, 0.25) is 0 Å². The molecule has 3 nitrogen and oxygen atoms in total. The Morgan fingerprint density at radius 1 is 1.26 bits per heavy atom. The number of rotatable bonds is 3. The van der Waals surface area contributed by atoms with Gasteiger partial charge in [-0.15, -0.1) is 0 Å². The number of fused-ring (bicyclic) bond motifs is 2. The largest absolute Gasteiger partial charge is 0.437 e. The van der Waals surface area contributed by atoms with Crippen molar-refractivity contribution in [3.63, 3.8) is 0 Å². The van der Waals surface area contributed by atoms with Gasteiger partial charge in [-0.25, -0.2) is 0 Å². The van der Waals surface area contributed by atoms with Crippen LogP contribution >= 0.6 is 11.6 Å². The summed E-state index contributed by atoms with van der Waals surface area (Å²) in [6.45, 7) is 5.92. The molecule has 1 aromatic heterocycles. The molecule has 27 heavy (non-hydrogen) atoms. The second-order valence-electron chi connectivity index (χ2n) is 7.72. The van der Waals surface area contributed by atoms with Crippen molar-refractivity contribution in [3.8, 4) is 0 Å². The summed E-state index contributed by atoms with van der Waals surface area (Å²) < 4.78 is 0. The number of hydrogen-bond donors (Lipinski definition) is 1. The molecule has 1 saturated heterocycles. The molecular formula is C22H26BClN2O. The Bertz CT molecular complexity index is 859. The molecule has 2 aliphatic rings.